The fourth-order valence-electron chi connectivity index (χ4n) is 3.19. The van der Waals surface area contributed by atoms with Crippen LogP contribution in [-0.4, -0.2) is 29.9 Å². The summed E-state index contributed by atoms with van der Waals surface area (Å²) in [6.07, 6.45) is 2.00. The number of amides is 1. The predicted molar refractivity (Wildman–Crippen MR) is 99.1 cm³/mol. The third-order valence-corrected chi connectivity index (χ3v) is 4.50. The number of halogens is 1. The summed E-state index contributed by atoms with van der Waals surface area (Å²) < 4.78 is 13.7. The molecule has 0 atom stereocenters. The maximum atomic E-state index is 13.7. The smallest absolute Gasteiger partial charge is 0.221 e. The van der Waals surface area contributed by atoms with E-state index in [-0.39, 0.29) is 11.7 Å². The molecule has 1 saturated heterocycles. The van der Waals surface area contributed by atoms with E-state index in [0.717, 1.165) is 38.2 Å². The number of anilines is 2. The van der Waals surface area contributed by atoms with E-state index in [1.54, 1.807) is 12.1 Å². The van der Waals surface area contributed by atoms with E-state index in [2.05, 4.69) is 27.7 Å². The molecular weight excluding hydrogens is 317 g/mol. The molecule has 132 valence electrons. The molecule has 2 aromatic carbocycles. The van der Waals surface area contributed by atoms with Crippen LogP contribution >= 0.6 is 0 Å². The second kappa shape index (κ2) is 8.12. The second-order valence-electron chi connectivity index (χ2n) is 6.55. The zero-order valence-electron chi connectivity index (χ0n) is 14.5. The van der Waals surface area contributed by atoms with E-state index in [1.165, 1.54) is 18.6 Å². The molecule has 1 fully saturated rings. The Balaban J connectivity index is 1.47. The van der Waals surface area contributed by atoms with Crippen molar-refractivity contribution in [1.82, 2.24) is 4.90 Å². The minimum Gasteiger partial charge on any atom is -0.380 e. The van der Waals surface area contributed by atoms with Crippen LogP contribution in [0.25, 0.3) is 0 Å². The molecule has 2 N–H and O–H groups in total. The minimum atomic E-state index is -0.191. The van der Waals surface area contributed by atoms with Crippen LogP contribution in [0.3, 0.4) is 0 Å². The first-order chi connectivity index (χ1) is 12.1. The lowest BCUT2D eigenvalue weighted by Crippen LogP contribution is -2.38. The van der Waals surface area contributed by atoms with Crippen molar-refractivity contribution in [3.8, 4) is 0 Å². The summed E-state index contributed by atoms with van der Waals surface area (Å²) in [5.41, 5.74) is 2.65. The Morgan fingerprint density at radius 3 is 2.44 bits per heavy atom. The summed E-state index contributed by atoms with van der Waals surface area (Å²) in [4.78, 5) is 13.5. The lowest BCUT2D eigenvalue weighted by Gasteiger charge is -2.33. The Labute approximate surface area is 148 Å². The number of hydrogen-bond donors (Lipinski definition) is 2. The molecule has 0 radical (unpaired) electrons. The van der Waals surface area contributed by atoms with Crippen LogP contribution in [0.2, 0.25) is 0 Å². The number of nitrogens with zero attached hydrogens (tertiary/aromatic N) is 1. The van der Waals surface area contributed by atoms with E-state index in [4.69, 9.17) is 0 Å². The van der Waals surface area contributed by atoms with Gasteiger partial charge in [-0.15, -0.1) is 0 Å². The Hall–Kier alpha value is -2.40. The molecule has 4 nitrogen and oxygen atoms in total. The standard InChI is InChI=1S/C20H24FN3O/c1-15(25)22-17-8-6-16(7-9-17)14-24-12-10-18(11-13-24)23-20-5-3-2-4-19(20)21/h2-9,18,23H,10-14H2,1H3,(H,22,25). The van der Waals surface area contributed by atoms with Crippen molar-refractivity contribution >= 4 is 17.3 Å². The summed E-state index contributed by atoms with van der Waals surface area (Å²) in [6, 6.07) is 15.1. The molecule has 0 aliphatic carbocycles. The molecule has 1 aliphatic heterocycles. The molecule has 0 bridgehead atoms. The summed E-state index contributed by atoms with van der Waals surface area (Å²) >= 11 is 0. The average Bonchev–Trinajstić information content (AvgIpc) is 2.60. The van der Waals surface area contributed by atoms with Crippen molar-refractivity contribution in [2.75, 3.05) is 23.7 Å². The van der Waals surface area contributed by atoms with Crippen molar-refractivity contribution < 1.29 is 9.18 Å². The van der Waals surface area contributed by atoms with Crippen molar-refractivity contribution in [3.05, 3.63) is 59.9 Å². The number of piperidine rings is 1. The van der Waals surface area contributed by atoms with E-state index in [0.29, 0.717) is 11.7 Å². The Morgan fingerprint density at radius 2 is 1.80 bits per heavy atom. The van der Waals surface area contributed by atoms with Gasteiger partial charge in [-0.1, -0.05) is 24.3 Å². The number of likely N-dealkylation sites (tertiary alicyclic amines) is 1. The zero-order valence-corrected chi connectivity index (χ0v) is 14.5. The number of nitrogens with one attached hydrogen (secondary N) is 2. The topological polar surface area (TPSA) is 44.4 Å². The van der Waals surface area contributed by atoms with Crippen molar-refractivity contribution in [2.24, 2.45) is 0 Å². The fourth-order valence-corrected chi connectivity index (χ4v) is 3.19. The van der Waals surface area contributed by atoms with Gasteiger partial charge in [0.15, 0.2) is 0 Å². The monoisotopic (exact) mass is 341 g/mol. The number of benzene rings is 2. The molecule has 0 aromatic heterocycles. The first kappa shape index (κ1) is 17.4. The molecule has 0 saturated carbocycles. The number of para-hydroxylation sites is 1. The van der Waals surface area contributed by atoms with Crippen LogP contribution in [0.4, 0.5) is 15.8 Å². The lowest BCUT2D eigenvalue weighted by molar-refractivity contribution is -0.114. The lowest BCUT2D eigenvalue weighted by atomic mass is 10.0. The third-order valence-electron chi connectivity index (χ3n) is 4.50. The minimum absolute atomic E-state index is 0.0582. The van der Waals surface area contributed by atoms with E-state index < -0.39 is 0 Å². The molecular formula is C20H24FN3O. The molecule has 3 rings (SSSR count). The molecule has 2 aromatic rings. The van der Waals surface area contributed by atoms with Crippen LogP contribution in [0.5, 0.6) is 0 Å². The maximum absolute atomic E-state index is 13.7. The molecule has 1 aliphatic rings. The Bertz CT molecular complexity index is 709. The van der Waals surface area contributed by atoms with Gasteiger partial charge in [-0.05, 0) is 42.7 Å². The van der Waals surface area contributed by atoms with Crippen molar-refractivity contribution in [2.45, 2.75) is 32.4 Å². The van der Waals surface area contributed by atoms with Crippen LogP contribution < -0.4 is 10.6 Å². The van der Waals surface area contributed by atoms with Crippen LogP contribution in [0, 0.1) is 5.82 Å². The third kappa shape index (κ3) is 5.03. The molecule has 1 heterocycles. The first-order valence-corrected chi connectivity index (χ1v) is 8.70. The number of hydrogen-bond acceptors (Lipinski definition) is 3. The van der Waals surface area contributed by atoms with Gasteiger partial charge in [-0.3, -0.25) is 9.69 Å². The fraction of sp³-hybridized carbons (Fsp3) is 0.350. The molecule has 0 unspecified atom stereocenters. The first-order valence-electron chi connectivity index (χ1n) is 8.70. The van der Waals surface area contributed by atoms with Gasteiger partial charge in [-0.2, -0.15) is 0 Å². The Kier molecular flexibility index (Phi) is 5.66. The van der Waals surface area contributed by atoms with E-state index in [9.17, 15) is 9.18 Å². The largest absolute Gasteiger partial charge is 0.380 e. The number of rotatable bonds is 5. The van der Waals surface area contributed by atoms with Crippen molar-refractivity contribution in [3.63, 3.8) is 0 Å². The normalized spacial score (nSPS) is 15.8. The summed E-state index contributed by atoms with van der Waals surface area (Å²) in [5, 5.41) is 6.10. The van der Waals surface area contributed by atoms with Gasteiger partial charge in [0.05, 0.1) is 5.69 Å². The van der Waals surface area contributed by atoms with Crippen LogP contribution in [0.15, 0.2) is 48.5 Å². The van der Waals surface area contributed by atoms with E-state index >= 15 is 0 Å². The summed E-state index contributed by atoms with van der Waals surface area (Å²) in [7, 11) is 0. The zero-order chi connectivity index (χ0) is 17.6. The van der Waals surface area contributed by atoms with E-state index in [1.807, 2.05) is 18.2 Å². The van der Waals surface area contributed by atoms with Crippen LogP contribution in [-0.2, 0) is 11.3 Å². The van der Waals surface area contributed by atoms with Gasteiger partial charge < -0.3 is 10.6 Å². The number of carbonyl (C=O) groups excluding carboxylic acids is 1. The number of carbonyl (C=O) groups is 1. The maximum Gasteiger partial charge on any atom is 0.221 e. The SMILES string of the molecule is CC(=O)Nc1ccc(CN2CCC(Nc3ccccc3F)CC2)cc1. The van der Waals surface area contributed by atoms with Gasteiger partial charge in [0.1, 0.15) is 5.82 Å². The second-order valence-corrected chi connectivity index (χ2v) is 6.55. The highest BCUT2D eigenvalue weighted by Crippen LogP contribution is 2.20. The van der Waals surface area contributed by atoms with Crippen LogP contribution in [0.1, 0.15) is 25.3 Å². The van der Waals surface area contributed by atoms with Gasteiger partial charge in [0, 0.05) is 38.3 Å². The molecule has 0 spiro atoms. The highest BCUT2D eigenvalue weighted by Gasteiger charge is 2.19. The highest BCUT2D eigenvalue weighted by molar-refractivity contribution is 5.88. The Morgan fingerprint density at radius 1 is 1.12 bits per heavy atom. The predicted octanol–water partition coefficient (Wildman–Crippen LogP) is 3.86. The average molecular weight is 341 g/mol. The highest BCUT2D eigenvalue weighted by atomic mass is 19.1. The van der Waals surface area contributed by atoms with Gasteiger partial charge >= 0.3 is 0 Å². The molecule has 5 heteroatoms. The summed E-state index contributed by atoms with van der Waals surface area (Å²) in [5.74, 6) is -0.249. The quantitative estimate of drug-likeness (QED) is 0.868. The molecule has 25 heavy (non-hydrogen) atoms. The van der Waals surface area contributed by atoms with Crippen molar-refractivity contribution in [1.29, 1.82) is 0 Å². The van der Waals surface area contributed by atoms with Gasteiger partial charge in [0.2, 0.25) is 5.91 Å². The molecule has 1 amide bonds. The van der Waals surface area contributed by atoms with Gasteiger partial charge in [-0.25, -0.2) is 4.39 Å². The summed E-state index contributed by atoms with van der Waals surface area (Å²) in [6.45, 7) is 4.37. The van der Waals surface area contributed by atoms with Gasteiger partial charge in [0.25, 0.3) is 0 Å².